The van der Waals surface area contributed by atoms with Crippen LogP contribution in [0.5, 0.6) is 0 Å². The number of anilines is 1. The van der Waals surface area contributed by atoms with Crippen molar-refractivity contribution in [2.45, 2.75) is 23.9 Å². The van der Waals surface area contributed by atoms with Crippen LogP contribution in [0.4, 0.5) is 5.69 Å². The van der Waals surface area contributed by atoms with Gasteiger partial charge in [0.1, 0.15) is 0 Å². The first-order valence-corrected chi connectivity index (χ1v) is 9.04. The van der Waals surface area contributed by atoms with E-state index in [4.69, 9.17) is 4.74 Å². The van der Waals surface area contributed by atoms with Crippen LogP contribution in [0.2, 0.25) is 0 Å². The first-order chi connectivity index (χ1) is 12.2. The highest BCUT2D eigenvalue weighted by Crippen LogP contribution is 2.27. The van der Waals surface area contributed by atoms with Crippen molar-refractivity contribution in [1.29, 1.82) is 0 Å². The number of para-hydroxylation sites is 3. The van der Waals surface area contributed by atoms with Crippen LogP contribution >= 0.6 is 11.8 Å². The smallest absolute Gasteiger partial charge is 0.237 e. The minimum Gasteiger partial charge on any atom is -0.383 e. The number of amides is 1. The van der Waals surface area contributed by atoms with Crippen LogP contribution in [-0.4, -0.2) is 34.4 Å². The Hall–Kier alpha value is -2.31. The first kappa shape index (κ1) is 17.5. The third-order valence-electron chi connectivity index (χ3n) is 3.83. The summed E-state index contributed by atoms with van der Waals surface area (Å²) < 4.78 is 7.32. The Bertz CT molecular complexity index is 848. The Balaban J connectivity index is 1.78. The fraction of sp³-hybridized carbons (Fsp3) is 0.263. The number of nitrogens with zero attached hydrogens (tertiary/aromatic N) is 2. The predicted octanol–water partition coefficient (Wildman–Crippen LogP) is 3.80. The Morgan fingerprint density at radius 1 is 1.20 bits per heavy atom. The third kappa shape index (κ3) is 4.21. The van der Waals surface area contributed by atoms with Crippen LogP contribution in [0.1, 0.15) is 6.92 Å². The minimum absolute atomic E-state index is 0.0402. The Morgan fingerprint density at radius 2 is 1.92 bits per heavy atom. The van der Waals surface area contributed by atoms with E-state index >= 15 is 0 Å². The molecule has 130 valence electrons. The number of carbonyl (C=O) groups excluding carboxylic acids is 1. The van der Waals surface area contributed by atoms with Gasteiger partial charge in [0.25, 0.3) is 0 Å². The molecule has 0 saturated carbocycles. The van der Waals surface area contributed by atoms with Gasteiger partial charge in [-0.1, -0.05) is 42.1 Å². The summed E-state index contributed by atoms with van der Waals surface area (Å²) in [5, 5.41) is 3.50. The standard InChI is InChI=1S/C19H21N3O2S/c1-14(18(23)20-15-8-4-3-5-9-15)25-19-21-16-10-6-7-11-17(16)22(19)12-13-24-2/h3-11,14H,12-13H2,1-2H3,(H,20,23)/t14-/m0/s1. The minimum atomic E-state index is -0.265. The zero-order valence-corrected chi connectivity index (χ0v) is 15.1. The summed E-state index contributed by atoms with van der Waals surface area (Å²) in [6, 6.07) is 17.5. The summed E-state index contributed by atoms with van der Waals surface area (Å²) >= 11 is 1.46. The number of methoxy groups -OCH3 is 1. The van der Waals surface area contributed by atoms with Crippen molar-refractivity contribution < 1.29 is 9.53 Å². The topological polar surface area (TPSA) is 56.1 Å². The number of thioether (sulfide) groups is 1. The number of nitrogens with one attached hydrogen (secondary N) is 1. The quantitative estimate of drug-likeness (QED) is 0.655. The highest BCUT2D eigenvalue weighted by atomic mass is 32.2. The molecule has 0 unspecified atom stereocenters. The number of aromatic nitrogens is 2. The van der Waals surface area contributed by atoms with E-state index in [1.165, 1.54) is 11.8 Å². The lowest BCUT2D eigenvalue weighted by Crippen LogP contribution is -2.23. The zero-order chi connectivity index (χ0) is 17.6. The molecule has 1 heterocycles. The molecule has 0 aliphatic rings. The maximum absolute atomic E-state index is 12.5. The van der Waals surface area contributed by atoms with Crippen LogP contribution in [0, 0.1) is 0 Å². The van der Waals surface area contributed by atoms with E-state index in [9.17, 15) is 4.79 Å². The van der Waals surface area contributed by atoms with Gasteiger partial charge in [0, 0.05) is 19.3 Å². The van der Waals surface area contributed by atoms with Crippen molar-refractivity contribution in [3.05, 3.63) is 54.6 Å². The molecule has 3 rings (SSSR count). The summed E-state index contributed by atoms with van der Waals surface area (Å²) in [6.45, 7) is 3.19. The molecule has 0 spiro atoms. The zero-order valence-electron chi connectivity index (χ0n) is 14.3. The van der Waals surface area contributed by atoms with Gasteiger partial charge in [0.2, 0.25) is 5.91 Å². The normalized spacial score (nSPS) is 12.2. The molecule has 0 aliphatic heterocycles. The van der Waals surface area contributed by atoms with Gasteiger partial charge in [-0.05, 0) is 31.2 Å². The number of carbonyl (C=O) groups is 1. The molecule has 2 aromatic carbocycles. The molecular formula is C19H21N3O2S. The molecular weight excluding hydrogens is 334 g/mol. The highest BCUT2D eigenvalue weighted by Gasteiger charge is 2.19. The van der Waals surface area contributed by atoms with Crippen molar-refractivity contribution in [3.8, 4) is 0 Å². The van der Waals surface area contributed by atoms with Crippen molar-refractivity contribution in [1.82, 2.24) is 9.55 Å². The monoisotopic (exact) mass is 355 g/mol. The summed E-state index contributed by atoms with van der Waals surface area (Å²) in [6.07, 6.45) is 0. The molecule has 0 saturated heterocycles. The lowest BCUT2D eigenvalue weighted by atomic mass is 10.3. The summed E-state index contributed by atoms with van der Waals surface area (Å²) in [4.78, 5) is 17.1. The predicted molar refractivity (Wildman–Crippen MR) is 102 cm³/mol. The molecule has 6 heteroatoms. The van der Waals surface area contributed by atoms with Gasteiger partial charge in [-0.15, -0.1) is 0 Å². The Kier molecular flexibility index (Phi) is 5.73. The lowest BCUT2D eigenvalue weighted by Gasteiger charge is -2.13. The van der Waals surface area contributed by atoms with E-state index < -0.39 is 0 Å². The number of rotatable bonds is 7. The average Bonchev–Trinajstić information content (AvgIpc) is 2.97. The van der Waals surface area contributed by atoms with Crippen LogP contribution in [0.3, 0.4) is 0 Å². The van der Waals surface area contributed by atoms with Gasteiger partial charge in [-0.2, -0.15) is 0 Å². The average molecular weight is 355 g/mol. The molecule has 1 N–H and O–H groups in total. The van der Waals surface area contributed by atoms with E-state index in [1.807, 2.05) is 61.5 Å². The van der Waals surface area contributed by atoms with E-state index in [2.05, 4.69) is 14.9 Å². The third-order valence-corrected chi connectivity index (χ3v) is 4.92. The van der Waals surface area contributed by atoms with Crippen molar-refractivity contribution in [2.75, 3.05) is 19.0 Å². The van der Waals surface area contributed by atoms with Crippen molar-refractivity contribution >= 4 is 34.4 Å². The van der Waals surface area contributed by atoms with Gasteiger partial charge in [-0.3, -0.25) is 4.79 Å². The van der Waals surface area contributed by atoms with Gasteiger partial charge >= 0.3 is 0 Å². The Morgan fingerprint density at radius 3 is 2.68 bits per heavy atom. The van der Waals surface area contributed by atoms with Crippen LogP contribution < -0.4 is 5.32 Å². The number of fused-ring (bicyclic) bond motifs is 1. The molecule has 3 aromatic rings. The van der Waals surface area contributed by atoms with E-state index in [0.29, 0.717) is 13.2 Å². The molecule has 1 atom stereocenters. The molecule has 0 fully saturated rings. The lowest BCUT2D eigenvalue weighted by molar-refractivity contribution is -0.115. The second kappa shape index (κ2) is 8.18. The number of imidazole rings is 1. The van der Waals surface area contributed by atoms with Gasteiger partial charge < -0.3 is 14.6 Å². The largest absolute Gasteiger partial charge is 0.383 e. The fourth-order valence-corrected chi connectivity index (χ4v) is 3.47. The molecule has 0 aliphatic carbocycles. The molecule has 5 nitrogen and oxygen atoms in total. The fourth-order valence-electron chi connectivity index (χ4n) is 2.52. The maximum Gasteiger partial charge on any atom is 0.237 e. The van der Waals surface area contributed by atoms with Gasteiger partial charge in [0.05, 0.1) is 22.9 Å². The van der Waals surface area contributed by atoms with Crippen molar-refractivity contribution in [2.24, 2.45) is 0 Å². The van der Waals surface area contributed by atoms with Gasteiger partial charge in [-0.25, -0.2) is 4.98 Å². The van der Waals surface area contributed by atoms with Crippen molar-refractivity contribution in [3.63, 3.8) is 0 Å². The van der Waals surface area contributed by atoms with Crippen LogP contribution in [0.25, 0.3) is 11.0 Å². The molecule has 0 bridgehead atoms. The second-order valence-electron chi connectivity index (χ2n) is 5.64. The number of benzene rings is 2. The summed E-state index contributed by atoms with van der Waals surface area (Å²) in [5.41, 5.74) is 2.78. The van der Waals surface area contributed by atoms with E-state index in [-0.39, 0.29) is 11.2 Å². The molecule has 1 aromatic heterocycles. The van der Waals surface area contributed by atoms with Gasteiger partial charge in [0.15, 0.2) is 5.16 Å². The molecule has 25 heavy (non-hydrogen) atoms. The number of hydrogen-bond donors (Lipinski definition) is 1. The summed E-state index contributed by atoms with van der Waals surface area (Å²) in [7, 11) is 1.68. The second-order valence-corrected chi connectivity index (χ2v) is 6.95. The van der Waals surface area contributed by atoms with Crippen LogP contribution in [0.15, 0.2) is 59.8 Å². The van der Waals surface area contributed by atoms with E-state index in [1.54, 1.807) is 7.11 Å². The number of hydrogen-bond acceptors (Lipinski definition) is 4. The SMILES string of the molecule is COCCn1c(S[C@@H](C)C(=O)Nc2ccccc2)nc2ccccc21. The number of ether oxygens (including phenoxy) is 1. The Labute approximate surface area is 151 Å². The summed E-state index contributed by atoms with van der Waals surface area (Å²) in [5.74, 6) is -0.0402. The van der Waals surface area contributed by atoms with Crippen LogP contribution in [-0.2, 0) is 16.1 Å². The molecule has 0 radical (unpaired) electrons. The molecule has 1 amide bonds. The highest BCUT2D eigenvalue weighted by molar-refractivity contribution is 8.00. The van der Waals surface area contributed by atoms with E-state index in [0.717, 1.165) is 21.9 Å². The maximum atomic E-state index is 12.5. The first-order valence-electron chi connectivity index (χ1n) is 8.16.